The van der Waals surface area contributed by atoms with E-state index in [-0.39, 0.29) is 11.5 Å². The highest BCUT2D eigenvalue weighted by molar-refractivity contribution is 5.56. The number of phenols is 3. The van der Waals surface area contributed by atoms with Gasteiger partial charge in [-0.3, -0.25) is 0 Å². The summed E-state index contributed by atoms with van der Waals surface area (Å²) in [6, 6.07) is 6.83. The third-order valence-electron chi connectivity index (χ3n) is 3.19. The summed E-state index contributed by atoms with van der Waals surface area (Å²) in [6.07, 6.45) is 0.545. The van der Waals surface area contributed by atoms with Gasteiger partial charge in [0.2, 0.25) is 0 Å². The molecule has 19 heavy (non-hydrogen) atoms. The summed E-state index contributed by atoms with van der Waals surface area (Å²) in [6.45, 7) is 3.88. The first kappa shape index (κ1) is 13.1. The van der Waals surface area contributed by atoms with Crippen LogP contribution in [0.15, 0.2) is 24.3 Å². The molecular weight excluding hydrogens is 242 g/mol. The van der Waals surface area contributed by atoms with Crippen LogP contribution in [0.2, 0.25) is 0 Å². The molecule has 0 heterocycles. The fourth-order valence-electron chi connectivity index (χ4n) is 2.17. The minimum Gasteiger partial charge on any atom is -0.504 e. The largest absolute Gasteiger partial charge is 0.504 e. The standard InChI is InChI=1S/C15H17NO3/c1-8-3-10(4-9(2)14(8)16)5-11-6-12(17)15(19)13(18)7-11/h3-4,6-7,17-19H,5,16H2,1-2H3. The van der Waals surface area contributed by atoms with Crippen molar-refractivity contribution in [3.8, 4) is 17.2 Å². The first-order chi connectivity index (χ1) is 8.88. The molecule has 0 unspecified atom stereocenters. The second kappa shape index (κ2) is 4.72. The molecule has 0 saturated heterocycles. The molecule has 2 aromatic carbocycles. The van der Waals surface area contributed by atoms with Gasteiger partial charge >= 0.3 is 0 Å². The third kappa shape index (κ3) is 2.57. The lowest BCUT2D eigenvalue weighted by Gasteiger charge is -2.10. The van der Waals surface area contributed by atoms with Crippen molar-refractivity contribution in [2.45, 2.75) is 20.3 Å². The van der Waals surface area contributed by atoms with Crippen molar-refractivity contribution < 1.29 is 15.3 Å². The van der Waals surface area contributed by atoms with E-state index in [4.69, 9.17) is 5.73 Å². The lowest BCUT2D eigenvalue weighted by atomic mass is 9.99. The molecular formula is C15H17NO3. The highest BCUT2D eigenvalue weighted by Gasteiger charge is 2.09. The Morgan fingerprint density at radius 3 is 1.74 bits per heavy atom. The van der Waals surface area contributed by atoms with E-state index < -0.39 is 5.75 Å². The van der Waals surface area contributed by atoms with Gasteiger partial charge in [0.25, 0.3) is 0 Å². The van der Waals surface area contributed by atoms with Gasteiger partial charge in [0.1, 0.15) is 0 Å². The Hall–Kier alpha value is -2.36. The van der Waals surface area contributed by atoms with Crippen LogP contribution in [0.1, 0.15) is 22.3 Å². The predicted octanol–water partition coefficient (Wildman–Crippen LogP) is 2.59. The van der Waals surface area contributed by atoms with Gasteiger partial charge in [0.05, 0.1) is 0 Å². The number of benzene rings is 2. The van der Waals surface area contributed by atoms with Crippen LogP contribution in [-0.2, 0) is 6.42 Å². The van der Waals surface area contributed by atoms with Gasteiger partial charge in [0, 0.05) is 5.69 Å². The van der Waals surface area contributed by atoms with Gasteiger partial charge in [-0.1, -0.05) is 12.1 Å². The zero-order valence-electron chi connectivity index (χ0n) is 10.9. The van der Waals surface area contributed by atoms with Gasteiger partial charge in [-0.25, -0.2) is 0 Å². The Labute approximate surface area is 111 Å². The third-order valence-corrected chi connectivity index (χ3v) is 3.19. The number of nitrogen functional groups attached to an aromatic ring is 1. The first-order valence-corrected chi connectivity index (χ1v) is 5.98. The molecule has 0 aliphatic carbocycles. The highest BCUT2D eigenvalue weighted by Crippen LogP contribution is 2.36. The number of nitrogens with two attached hydrogens (primary N) is 1. The molecule has 0 bridgehead atoms. The smallest absolute Gasteiger partial charge is 0.200 e. The maximum absolute atomic E-state index is 9.48. The SMILES string of the molecule is Cc1cc(Cc2cc(O)c(O)c(O)c2)cc(C)c1N. The molecule has 5 N–H and O–H groups in total. The Morgan fingerprint density at radius 2 is 1.26 bits per heavy atom. The molecule has 0 aliphatic rings. The zero-order valence-corrected chi connectivity index (χ0v) is 10.9. The quantitative estimate of drug-likeness (QED) is 0.493. The molecule has 2 rings (SSSR count). The van der Waals surface area contributed by atoms with E-state index in [1.165, 1.54) is 12.1 Å². The number of phenolic OH excluding ortho intramolecular Hbond substituents is 3. The molecule has 0 aliphatic heterocycles. The molecule has 0 radical (unpaired) electrons. The second-order valence-electron chi connectivity index (χ2n) is 4.80. The summed E-state index contributed by atoms with van der Waals surface area (Å²) in [5.41, 5.74) is 10.4. The molecule has 100 valence electrons. The van der Waals surface area contributed by atoms with Crippen LogP contribution in [-0.4, -0.2) is 15.3 Å². The van der Waals surface area contributed by atoms with Gasteiger partial charge < -0.3 is 21.1 Å². The fraction of sp³-hybridized carbons (Fsp3) is 0.200. The van der Waals surface area contributed by atoms with Gasteiger partial charge in [0.15, 0.2) is 17.2 Å². The number of hydrogen-bond donors (Lipinski definition) is 4. The maximum Gasteiger partial charge on any atom is 0.200 e. The van der Waals surface area contributed by atoms with Crippen molar-refractivity contribution in [3.63, 3.8) is 0 Å². The lowest BCUT2D eigenvalue weighted by molar-refractivity contribution is 0.367. The number of anilines is 1. The van der Waals surface area contributed by atoms with Crippen molar-refractivity contribution >= 4 is 5.69 Å². The lowest BCUT2D eigenvalue weighted by Crippen LogP contribution is -1.97. The van der Waals surface area contributed by atoms with Crippen LogP contribution in [0.25, 0.3) is 0 Å². The first-order valence-electron chi connectivity index (χ1n) is 5.98. The topological polar surface area (TPSA) is 86.7 Å². The minimum atomic E-state index is -0.492. The molecule has 0 aromatic heterocycles. The summed E-state index contributed by atoms with van der Waals surface area (Å²) in [4.78, 5) is 0. The van der Waals surface area contributed by atoms with Crippen LogP contribution >= 0.6 is 0 Å². The minimum absolute atomic E-state index is 0.320. The molecule has 2 aromatic rings. The Morgan fingerprint density at radius 1 is 0.842 bits per heavy atom. The van der Waals surface area contributed by atoms with Gasteiger partial charge in [-0.05, 0) is 54.7 Å². The molecule has 0 spiro atoms. The average Bonchev–Trinajstić information content (AvgIpc) is 2.33. The van der Waals surface area contributed by atoms with Crippen molar-refractivity contribution in [3.05, 3.63) is 46.5 Å². The maximum atomic E-state index is 9.48. The monoisotopic (exact) mass is 259 g/mol. The van der Waals surface area contributed by atoms with Crippen molar-refractivity contribution in [2.24, 2.45) is 0 Å². The van der Waals surface area contributed by atoms with E-state index in [0.29, 0.717) is 6.42 Å². The summed E-state index contributed by atoms with van der Waals surface area (Å²) in [5.74, 6) is -1.13. The van der Waals surface area contributed by atoms with E-state index in [1.54, 1.807) is 0 Å². The van der Waals surface area contributed by atoms with E-state index in [9.17, 15) is 15.3 Å². The van der Waals surface area contributed by atoms with Crippen LogP contribution in [0, 0.1) is 13.8 Å². The van der Waals surface area contributed by atoms with E-state index in [0.717, 1.165) is 27.9 Å². The van der Waals surface area contributed by atoms with E-state index >= 15 is 0 Å². The van der Waals surface area contributed by atoms with Crippen LogP contribution in [0.5, 0.6) is 17.2 Å². The fourth-order valence-corrected chi connectivity index (χ4v) is 2.17. The summed E-state index contributed by atoms with van der Waals surface area (Å²) in [7, 11) is 0. The van der Waals surface area contributed by atoms with Crippen molar-refractivity contribution in [2.75, 3.05) is 5.73 Å². The molecule has 0 fully saturated rings. The normalized spacial score (nSPS) is 10.6. The molecule has 0 atom stereocenters. The molecule has 4 nitrogen and oxygen atoms in total. The van der Waals surface area contributed by atoms with Crippen molar-refractivity contribution in [1.82, 2.24) is 0 Å². The summed E-state index contributed by atoms with van der Waals surface area (Å²) >= 11 is 0. The molecule has 4 heteroatoms. The van der Waals surface area contributed by atoms with Crippen molar-refractivity contribution in [1.29, 1.82) is 0 Å². The number of rotatable bonds is 2. The van der Waals surface area contributed by atoms with Gasteiger partial charge in [-0.2, -0.15) is 0 Å². The highest BCUT2D eigenvalue weighted by atomic mass is 16.3. The van der Waals surface area contributed by atoms with E-state index in [2.05, 4.69) is 0 Å². The van der Waals surface area contributed by atoms with E-state index in [1.807, 2.05) is 26.0 Å². The van der Waals surface area contributed by atoms with Crippen LogP contribution < -0.4 is 5.73 Å². The second-order valence-corrected chi connectivity index (χ2v) is 4.80. The van der Waals surface area contributed by atoms with Crippen LogP contribution in [0.4, 0.5) is 5.69 Å². The number of aromatic hydroxyl groups is 3. The average molecular weight is 259 g/mol. The number of hydrogen-bond acceptors (Lipinski definition) is 4. The van der Waals surface area contributed by atoms with Gasteiger partial charge in [-0.15, -0.1) is 0 Å². The zero-order chi connectivity index (χ0) is 14.2. The Balaban J connectivity index is 2.36. The summed E-state index contributed by atoms with van der Waals surface area (Å²) in [5, 5.41) is 28.3. The predicted molar refractivity (Wildman–Crippen MR) is 74.6 cm³/mol. The molecule has 0 amide bonds. The summed E-state index contributed by atoms with van der Waals surface area (Å²) < 4.78 is 0. The molecule has 0 saturated carbocycles. The van der Waals surface area contributed by atoms with Crippen LogP contribution in [0.3, 0.4) is 0 Å². The number of aryl methyl sites for hydroxylation is 2. The Bertz CT molecular complexity index is 534. The Kier molecular flexibility index (Phi) is 3.25.